The van der Waals surface area contributed by atoms with E-state index >= 15 is 0 Å². The van der Waals surface area contributed by atoms with Gasteiger partial charge in [0.2, 0.25) is 0 Å². The highest BCUT2D eigenvalue weighted by molar-refractivity contribution is 9.10. The lowest BCUT2D eigenvalue weighted by atomic mass is 10.2. The van der Waals surface area contributed by atoms with Crippen LogP contribution in [0, 0.1) is 0 Å². The zero-order valence-electron chi connectivity index (χ0n) is 17.9. The van der Waals surface area contributed by atoms with Crippen LogP contribution in [0.2, 0.25) is 0 Å². The predicted molar refractivity (Wildman–Crippen MR) is 136 cm³/mol. The Morgan fingerprint density at radius 3 is 2.53 bits per heavy atom. The molecule has 0 aromatic heterocycles. The van der Waals surface area contributed by atoms with Crippen molar-refractivity contribution in [1.29, 1.82) is 0 Å². The zero-order chi connectivity index (χ0) is 22.9. The molecule has 0 saturated heterocycles. The first kappa shape index (κ1) is 23.8. The fraction of sp³-hybridized carbons (Fsp3) is 0.200. The summed E-state index contributed by atoms with van der Waals surface area (Å²) in [5.74, 6) is 1.10. The molecule has 0 radical (unpaired) electrons. The summed E-state index contributed by atoms with van der Waals surface area (Å²) < 4.78 is 12.2. The number of carbonyl (C=O) groups excluding carboxylic acids is 1. The van der Waals surface area contributed by atoms with Crippen LogP contribution in [0.25, 0.3) is 0 Å². The van der Waals surface area contributed by atoms with Crippen molar-refractivity contribution >= 4 is 44.9 Å². The third kappa shape index (κ3) is 7.35. The molecule has 2 N–H and O–H groups in total. The molecule has 32 heavy (non-hydrogen) atoms. The lowest BCUT2D eigenvalue weighted by Gasteiger charge is -2.13. The number of carbonyl (C=O) groups is 1. The van der Waals surface area contributed by atoms with E-state index in [4.69, 9.17) is 21.7 Å². The SMILES string of the molecule is CC(C)Oc1ccc(C(=O)NC(=S)Nc2cccc(OCCc3ccccc3)c2)cc1Br. The van der Waals surface area contributed by atoms with Crippen molar-refractivity contribution < 1.29 is 14.3 Å². The van der Waals surface area contributed by atoms with E-state index in [1.165, 1.54) is 5.56 Å². The highest BCUT2D eigenvalue weighted by Crippen LogP contribution is 2.27. The molecule has 5 nitrogen and oxygen atoms in total. The lowest BCUT2D eigenvalue weighted by molar-refractivity contribution is 0.0977. The third-order valence-electron chi connectivity index (χ3n) is 4.38. The molecule has 3 aromatic rings. The minimum atomic E-state index is -0.311. The molecule has 0 fully saturated rings. The Hall–Kier alpha value is -2.90. The molecular weight excluding hydrogens is 488 g/mol. The maximum absolute atomic E-state index is 12.5. The maximum atomic E-state index is 12.5. The lowest BCUT2D eigenvalue weighted by Crippen LogP contribution is -2.34. The van der Waals surface area contributed by atoms with E-state index in [0.29, 0.717) is 22.4 Å². The monoisotopic (exact) mass is 512 g/mol. The number of anilines is 1. The Morgan fingerprint density at radius 2 is 1.81 bits per heavy atom. The van der Waals surface area contributed by atoms with Gasteiger partial charge in [-0.3, -0.25) is 10.1 Å². The van der Waals surface area contributed by atoms with E-state index in [0.717, 1.165) is 17.9 Å². The first-order valence-electron chi connectivity index (χ1n) is 10.3. The van der Waals surface area contributed by atoms with E-state index in [2.05, 4.69) is 38.7 Å². The Labute approximate surface area is 202 Å². The normalized spacial score (nSPS) is 10.5. The number of ether oxygens (including phenoxy) is 2. The molecule has 0 atom stereocenters. The predicted octanol–water partition coefficient (Wildman–Crippen LogP) is 5.98. The quantitative estimate of drug-likeness (QED) is 0.363. The molecule has 0 aliphatic heterocycles. The molecule has 1 amide bonds. The average molecular weight is 513 g/mol. The number of thiocarbonyl (C=S) groups is 1. The molecule has 7 heteroatoms. The van der Waals surface area contributed by atoms with Crippen molar-refractivity contribution in [1.82, 2.24) is 5.32 Å². The second-order valence-electron chi connectivity index (χ2n) is 7.33. The molecule has 0 aliphatic rings. The van der Waals surface area contributed by atoms with Crippen molar-refractivity contribution in [2.24, 2.45) is 0 Å². The summed E-state index contributed by atoms with van der Waals surface area (Å²) in [6, 6.07) is 22.8. The van der Waals surface area contributed by atoms with Crippen molar-refractivity contribution in [2.75, 3.05) is 11.9 Å². The largest absolute Gasteiger partial charge is 0.493 e. The topological polar surface area (TPSA) is 59.6 Å². The van der Waals surface area contributed by atoms with Crippen LogP contribution in [0.15, 0.2) is 77.3 Å². The second kappa shape index (κ2) is 11.6. The van der Waals surface area contributed by atoms with Gasteiger partial charge in [0.15, 0.2) is 5.11 Å². The van der Waals surface area contributed by atoms with Gasteiger partial charge in [-0.1, -0.05) is 36.4 Å². The number of rotatable bonds is 8. The number of amides is 1. The Bertz CT molecular complexity index is 1070. The molecule has 0 saturated carbocycles. The Balaban J connectivity index is 1.52. The number of hydrogen-bond acceptors (Lipinski definition) is 4. The number of hydrogen-bond donors (Lipinski definition) is 2. The van der Waals surface area contributed by atoms with Gasteiger partial charge in [0.25, 0.3) is 5.91 Å². The fourth-order valence-electron chi connectivity index (χ4n) is 2.92. The summed E-state index contributed by atoms with van der Waals surface area (Å²) in [7, 11) is 0. The summed E-state index contributed by atoms with van der Waals surface area (Å²) in [4.78, 5) is 12.5. The first-order chi connectivity index (χ1) is 15.4. The number of halogens is 1. The average Bonchev–Trinajstić information content (AvgIpc) is 2.76. The van der Waals surface area contributed by atoms with Gasteiger partial charge in [-0.05, 0) is 77.9 Å². The van der Waals surface area contributed by atoms with Gasteiger partial charge in [-0.25, -0.2) is 0 Å². The van der Waals surface area contributed by atoms with Crippen LogP contribution in [-0.4, -0.2) is 23.7 Å². The van der Waals surface area contributed by atoms with Crippen LogP contribution in [-0.2, 0) is 6.42 Å². The summed E-state index contributed by atoms with van der Waals surface area (Å²) in [5.41, 5.74) is 2.42. The highest BCUT2D eigenvalue weighted by Gasteiger charge is 2.12. The van der Waals surface area contributed by atoms with Gasteiger partial charge >= 0.3 is 0 Å². The van der Waals surface area contributed by atoms with Crippen LogP contribution >= 0.6 is 28.1 Å². The molecule has 166 valence electrons. The van der Waals surface area contributed by atoms with Crippen molar-refractivity contribution in [3.63, 3.8) is 0 Å². The Morgan fingerprint density at radius 1 is 1.03 bits per heavy atom. The second-order valence-corrected chi connectivity index (χ2v) is 8.59. The fourth-order valence-corrected chi connectivity index (χ4v) is 3.61. The van der Waals surface area contributed by atoms with Crippen molar-refractivity contribution in [2.45, 2.75) is 26.4 Å². The molecular formula is C25H25BrN2O3S. The van der Waals surface area contributed by atoms with Crippen LogP contribution in [0.4, 0.5) is 5.69 Å². The van der Waals surface area contributed by atoms with E-state index in [1.807, 2.05) is 56.3 Å². The van der Waals surface area contributed by atoms with Crippen LogP contribution in [0.1, 0.15) is 29.8 Å². The highest BCUT2D eigenvalue weighted by atomic mass is 79.9. The molecule has 0 heterocycles. The molecule has 0 bridgehead atoms. The third-order valence-corrected chi connectivity index (χ3v) is 5.20. The molecule has 3 rings (SSSR count). The van der Waals surface area contributed by atoms with Crippen molar-refractivity contribution in [3.05, 3.63) is 88.4 Å². The van der Waals surface area contributed by atoms with E-state index in [1.54, 1.807) is 18.2 Å². The van der Waals surface area contributed by atoms with Crippen LogP contribution < -0.4 is 20.1 Å². The van der Waals surface area contributed by atoms with E-state index < -0.39 is 0 Å². The number of benzene rings is 3. The molecule has 0 spiro atoms. The molecule has 0 aliphatic carbocycles. The molecule has 0 unspecified atom stereocenters. The van der Waals surface area contributed by atoms with Gasteiger partial charge < -0.3 is 14.8 Å². The Kier molecular flexibility index (Phi) is 8.64. The van der Waals surface area contributed by atoms with Crippen LogP contribution in [0.5, 0.6) is 11.5 Å². The standard InChI is InChI=1S/C25H25BrN2O3S/c1-17(2)31-23-12-11-19(15-22(23)26)24(29)28-25(32)27-20-9-6-10-21(16-20)30-14-13-18-7-4-3-5-8-18/h3-12,15-17H,13-14H2,1-2H3,(H2,27,28,29,32). The van der Waals surface area contributed by atoms with Crippen LogP contribution in [0.3, 0.4) is 0 Å². The summed E-state index contributed by atoms with van der Waals surface area (Å²) in [6.07, 6.45) is 0.865. The first-order valence-corrected chi connectivity index (χ1v) is 11.5. The summed E-state index contributed by atoms with van der Waals surface area (Å²) >= 11 is 8.74. The smallest absolute Gasteiger partial charge is 0.257 e. The minimum absolute atomic E-state index is 0.0424. The van der Waals surface area contributed by atoms with Gasteiger partial charge in [0, 0.05) is 23.7 Å². The number of nitrogens with one attached hydrogen (secondary N) is 2. The van der Waals surface area contributed by atoms with Crippen molar-refractivity contribution in [3.8, 4) is 11.5 Å². The molecule has 3 aromatic carbocycles. The van der Waals surface area contributed by atoms with E-state index in [-0.39, 0.29) is 17.1 Å². The van der Waals surface area contributed by atoms with E-state index in [9.17, 15) is 4.79 Å². The summed E-state index contributed by atoms with van der Waals surface area (Å²) in [5, 5.41) is 5.93. The minimum Gasteiger partial charge on any atom is -0.493 e. The van der Waals surface area contributed by atoms with Gasteiger partial charge in [0.05, 0.1) is 17.2 Å². The summed E-state index contributed by atoms with van der Waals surface area (Å²) in [6.45, 7) is 4.46. The van der Waals surface area contributed by atoms with Gasteiger partial charge in [0.1, 0.15) is 11.5 Å². The maximum Gasteiger partial charge on any atom is 0.257 e. The van der Waals surface area contributed by atoms with Gasteiger partial charge in [-0.15, -0.1) is 0 Å². The van der Waals surface area contributed by atoms with Gasteiger partial charge in [-0.2, -0.15) is 0 Å². The zero-order valence-corrected chi connectivity index (χ0v) is 20.3.